The Morgan fingerprint density at radius 2 is 1.91 bits per heavy atom. The zero-order valence-corrected chi connectivity index (χ0v) is 13.8. The van der Waals surface area contributed by atoms with Crippen LogP contribution in [0, 0.1) is 6.92 Å². The molecule has 4 nitrogen and oxygen atoms in total. The highest BCUT2D eigenvalue weighted by Crippen LogP contribution is 2.25. The Kier molecular flexibility index (Phi) is 4.82. The van der Waals surface area contributed by atoms with Crippen molar-refractivity contribution in [2.75, 3.05) is 18.0 Å². The van der Waals surface area contributed by atoms with E-state index in [0.717, 1.165) is 49.3 Å². The van der Waals surface area contributed by atoms with Crippen molar-refractivity contribution >= 4 is 23.7 Å². The second-order valence-corrected chi connectivity index (χ2v) is 6.18. The van der Waals surface area contributed by atoms with Gasteiger partial charge in [0.1, 0.15) is 17.7 Å². The molecule has 23 heavy (non-hydrogen) atoms. The topological polar surface area (TPSA) is 42.4 Å². The summed E-state index contributed by atoms with van der Waals surface area (Å²) in [6.07, 6.45) is 4.63. The first-order valence-electron chi connectivity index (χ1n) is 7.75. The minimum Gasteiger partial charge on any atom is -0.490 e. The van der Waals surface area contributed by atoms with Crippen molar-refractivity contribution in [1.82, 2.24) is 4.98 Å². The number of rotatable bonds is 4. The Labute approximate surface area is 141 Å². The van der Waals surface area contributed by atoms with Crippen LogP contribution >= 0.6 is 11.6 Å². The molecule has 0 N–H and O–H groups in total. The fourth-order valence-electron chi connectivity index (χ4n) is 2.84. The number of nitrogens with zero attached hydrogens (tertiary/aromatic N) is 2. The average molecular weight is 331 g/mol. The largest absolute Gasteiger partial charge is 0.490 e. The summed E-state index contributed by atoms with van der Waals surface area (Å²) in [6, 6.07) is 9.31. The zero-order valence-electron chi connectivity index (χ0n) is 13.0. The third-order valence-electron chi connectivity index (χ3n) is 4.16. The maximum Gasteiger partial charge on any atom is 0.154 e. The fourth-order valence-corrected chi connectivity index (χ4v) is 2.97. The van der Waals surface area contributed by atoms with Crippen molar-refractivity contribution in [2.45, 2.75) is 25.9 Å². The molecule has 1 fully saturated rings. The van der Waals surface area contributed by atoms with Crippen molar-refractivity contribution in [3.63, 3.8) is 0 Å². The molecule has 0 radical (unpaired) electrons. The van der Waals surface area contributed by atoms with E-state index >= 15 is 0 Å². The lowest BCUT2D eigenvalue weighted by Gasteiger charge is -2.33. The van der Waals surface area contributed by atoms with E-state index in [-0.39, 0.29) is 6.10 Å². The van der Waals surface area contributed by atoms with Gasteiger partial charge in [-0.25, -0.2) is 4.98 Å². The second-order valence-electron chi connectivity index (χ2n) is 5.74. The van der Waals surface area contributed by atoms with E-state index in [9.17, 15) is 4.79 Å². The Morgan fingerprint density at radius 1 is 1.22 bits per heavy atom. The third-order valence-corrected chi connectivity index (χ3v) is 4.41. The molecule has 2 aromatic rings. The minimum absolute atomic E-state index is 0.178. The van der Waals surface area contributed by atoms with Gasteiger partial charge < -0.3 is 9.64 Å². The lowest BCUT2D eigenvalue weighted by atomic mass is 10.1. The molecular weight excluding hydrogens is 312 g/mol. The van der Waals surface area contributed by atoms with E-state index in [2.05, 4.69) is 9.88 Å². The lowest BCUT2D eigenvalue weighted by Crippen LogP contribution is -2.39. The molecule has 0 spiro atoms. The Morgan fingerprint density at radius 3 is 2.57 bits per heavy atom. The maximum atomic E-state index is 11.3. The molecule has 0 bridgehead atoms. The van der Waals surface area contributed by atoms with Gasteiger partial charge in [-0.3, -0.25) is 4.79 Å². The number of aromatic nitrogens is 1. The van der Waals surface area contributed by atoms with Crippen LogP contribution < -0.4 is 9.64 Å². The number of carbonyl (C=O) groups excluding carboxylic acids is 1. The quantitative estimate of drug-likeness (QED) is 0.797. The van der Waals surface area contributed by atoms with Crippen LogP contribution in [0.15, 0.2) is 36.5 Å². The van der Waals surface area contributed by atoms with Crippen molar-refractivity contribution in [3.05, 3.63) is 52.7 Å². The predicted octanol–water partition coefficient (Wildman–Crippen LogP) is 3.90. The first-order valence-corrected chi connectivity index (χ1v) is 8.13. The average Bonchev–Trinajstić information content (AvgIpc) is 2.57. The highest BCUT2D eigenvalue weighted by atomic mass is 35.5. The summed E-state index contributed by atoms with van der Waals surface area (Å²) in [5.74, 6) is 1.63. The summed E-state index contributed by atoms with van der Waals surface area (Å²) in [6.45, 7) is 3.59. The van der Waals surface area contributed by atoms with Crippen molar-refractivity contribution in [1.29, 1.82) is 0 Å². The van der Waals surface area contributed by atoms with Crippen molar-refractivity contribution in [3.8, 4) is 5.75 Å². The van der Waals surface area contributed by atoms with Crippen LogP contribution in [-0.2, 0) is 0 Å². The molecular formula is C18H19ClN2O2. The summed E-state index contributed by atoms with van der Waals surface area (Å²) >= 11 is 5.89. The molecule has 1 aliphatic heterocycles. The Bertz CT molecular complexity index is 680. The van der Waals surface area contributed by atoms with Gasteiger partial charge in [0, 0.05) is 37.2 Å². The fraction of sp³-hybridized carbons (Fsp3) is 0.333. The second kappa shape index (κ2) is 7.01. The molecule has 120 valence electrons. The smallest absolute Gasteiger partial charge is 0.154 e. The van der Waals surface area contributed by atoms with Crippen LogP contribution in [0.1, 0.15) is 28.8 Å². The monoisotopic (exact) mass is 330 g/mol. The summed E-state index contributed by atoms with van der Waals surface area (Å²) in [5, 5.41) is 0.707. The number of halogens is 1. The van der Waals surface area contributed by atoms with E-state index in [0.29, 0.717) is 10.6 Å². The van der Waals surface area contributed by atoms with E-state index in [1.807, 2.05) is 37.3 Å². The molecule has 0 aliphatic carbocycles. The van der Waals surface area contributed by atoms with Gasteiger partial charge in [0.25, 0.3) is 0 Å². The number of hydrogen-bond donors (Lipinski definition) is 0. The highest BCUT2D eigenvalue weighted by Gasteiger charge is 2.23. The number of hydrogen-bond acceptors (Lipinski definition) is 4. The van der Waals surface area contributed by atoms with Crippen LogP contribution in [0.4, 0.5) is 5.82 Å². The molecule has 0 atom stereocenters. The number of piperidine rings is 1. The summed E-state index contributed by atoms with van der Waals surface area (Å²) in [4.78, 5) is 17.9. The highest BCUT2D eigenvalue weighted by molar-refractivity contribution is 6.30. The van der Waals surface area contributed by atoms with Crippen LogP contribution in [0.3, 0.4) is 0 Å². The summed E-state index contributed by atoms with van der Waals surface area (Å²) in [7, 11) is 0. The molecule has 5 heteroatoms. The first-order chi connectivity index (χ1) is 11.2. The lowest BCUT2D eigenvalue weighted by molar-refractivity contribution is 0.112. The van der Waals surface area contributed by atoms with E-state index in [1.165, 1.54) is 0 Å². The summed E-state index contributed by atoms with van der Waals surface area (Å²) in [5.41, 5.74) is 1.65. The first kappa shape index (κ1) is 15.8. The molecule has 1 aromatic heterocycles. The molecule has 1 aromatic carbocycles. The van der Waals surface area contributed by atoms with Crippen LogP contribution in [-0.4, -0.2) is 30.5 Å². The van der Waals surface area contributed by atoms with Crippen LogP contribution in [0.5, 0.6) is 5.75 Å². The Balaban J connectivity index is 1.63. The minimum atomic E-state index is 0.178. The van der Waals surface area contributed by atoms with Gasteiger partial charge in [0.2, 0.25) is 0 Å². The Hall–Kier alpha value is -2.07. The predicted molar refractivity (Wildman–Crippen MR) is 91.7 cm³/mol. The molecule has 2 heterocycles. The molecule has 1 aliphatic rings. The SMILES string of the molecule is Cc1ccnc(N2CCC(Oc3ccc(Cl)cc3)CC2)c1C=O. The number of ether oxygens (including phenoxy) is 1. The summed E-state index contributed by atoms with van der Waals surface area (Å²) < 4.78 is 6.00. The normalized spacial score (nSPS) is 15.5. The molecule has 3 rings (SSSR count). The van der Waals surface area contributed by atoms with E-state index < -0.39 is 0 Å². The number of aryl methyl sites for hydroxylation is 1. The molecule has 0 amide bonds. The van der Waals surface area contributed by atoms with Crippen molar-refractivity contribution < 1.29 is 9.53 Å². The standard InChI is InChI=1S/C18H19ClN2O2/c1-13-6-9-20-18(17(13)12-22)21-10-7-16(8-11-21)23-15-4-2-14(19)3-5-15/h2-6,9,12,16H,7-8,10-11H2,1H3. The number of pyridine rings is 1. The molecule has 0 unspecified atom stereocenters. The van der Waals surface area contributed by atoms with E-state index in [4.69, 9.17) is 16.3 Å². The van der Waals surface area contributed by atoms with Crippen molar-refractivity contribution in [2.24, 2.45) is 0 Å². The molecule has 1 saturated heterocycles. The van der Waals surface area contributed by atoms with Gasteiger partial charge in [0.05, 0.1) is 5.56 Å². The third kappa shape index (κ3) is 3.64. The maximum absolute atomic E-state index is 11.3. The number of anilines is 1. The van der Waals surface area contributed by atoms with Gasteiger partial charge in [0.15, 0.2) is 6.29 Å². The van der Waals surface area contributed by atoms with E-state index in [1.54, 1.807) is 6.20 Å². The van der Waals surface area contributed by atoms with Gasteiger partial charge in [-0.1, -0.05) is 11.6 Å². The van der Waals surface area contributed by atoms with Crippen LogP contribution in [0.2, 0.25) is 5.02 Å². The van der Waals surface area contributed by atoms with Gasteiger partial charge in [-0.05, 0) is 42.8 Å². The van der Waals surface area contributed by atoms with Gasteiger partial charge >= 0.3 is 0 Å². The number of carbonyl (C=O) groups is 1. The van der Waals surface area contributed by atoms with Gasteiger partial charge in [-0.15, -0.1) is 0 Å². The molecule has 0 saturated carbocycles. The number of aldehydes is 1. The van der Waals surface area contributed by atoms with Crippen LogP contribution in [0.25, 0.3) is 0 Å². The van der Waals surface area contributed by atoms with Gasteiger partial charge in [-0.2, -0.15) is 0 Å². The zero-order chi connectivity index (χ0) is 16.2. The number of benzene rings is 1.